The molecule has 0 heterocycles. The molecule has 2 fully saturated rings. The van der Waals surface area contributed by atoms with Gasteiger partial charge in [0.05, 0.1) is 12.4 Å². The van der Waals surface area contributed by atoms with Crippen molar-refractivity contribution in [3.63, 3.8) is 0 Å². The number of ether oxygens (including phenoxy) is 1. The van der Waals surface area contributed by atoms with Crippen LogP contribution in [0.3, 0.4) is 0 Å². The minimum Gasteiger partial charge on any atom is -0.498 e. The predicted molar refractivity (Wildman–Crippen MR) is 127 cm³/mol. The van der Waals surface area contributed by atoms with Crippen LogP contribution in [0.1, 0.15) is 58.8 Å². The minimum atomic E-state index is -1.53. The lowest BCUT2D eigenvalue weighted by molar-refractivity contribution is -0.0748. The molecule has 0 aromatic rings. The zero-order chi connectivity index (χ0) is 21.7. The average molecular weight is 425 g/mol. The summed E-state index contributed by atoms with van der Waals surface area (Å²) in [4.78, 5) is 0. The molecular formula is C27H40O2Si. The molecule has 4 aliphatic rings. The highest BCUT2D eigenvalue weighted by Crippen LogP contribution is 2.66. The maximum absolute atomic E-state index is 11.9. The average Bonchev–Trinajstić information content (AvgIpc) is 2.99. The Hall–Kier alpha value is -1.24. The van der Waals surface area contributed by atoms with Crippen molar-refractivity contribution < 1.29 is 9.84 Å². The van der Waals surface area contributed by atoms with Crippen molar-refractivity contribution in [1.29, 1.82) is 0 Å². The van der Waals surface area contributed by atoms with E-state index < -0.39 is 13.7 Å². The van der Waals surface area contributed by atoms with Gasteiger partial charge in [-0.2, -0.15) is 0 Å². The predicted octanol–water partition coefficient (Wildman–Crippen LogP) is 6.26. The molecule has 3 heteroatoms. The third kappa shape index (κ3) is 3.45. The van der Waals surface area contributed by atoms with Crippen molar-refractivity contribution in [2.24, 2.45) is 29.1 Å². The fourth-order valence-corrected chi connectivity index (χ4v) is 7.80. The summed E-state index contributed by atoms with van der Waals surface area (Å²) in [6.07, 6.45) is 12.0. The summed E-state index contributed by atoms with van der Waals surface area (Å²) in [7, 11) is -1.53. The first kappa shape index (κ1) is 22.0. The van der Waals surface area contributed by atoms with Gasteiger partial charge in [-0.25, -0.2) is 0 Å². The molecule has 0 bridgehead atoms. The second kappa shape index (κ2) is 7.71. The van der Waals surface area contributed by atoms with E-state index in [9.17, 15) is 5.11 Å². The lowest BCUT2D eigenvalue weighted by Gasteiger charge is -2.56. The Morgan fingerprint density at radius 3 is 2.70 bits per heavy atom. The van der Waals surface area contributed by atoms with Crippen LogP contribution in [0.4, 0.5) is 0 Å². The van der Waals surface area contributed by atoms with Crippen LogP contribution in [0.25, 0.3) is 0 Å². The Balaban J connectivity index is 1.69. The zero-order valence-electron chi connectivity index (χ0n) is 19.7. The molecule has 4 aliphatic carbocycles. The van der Waals surface area contributed by atoms with E-state index in [0.29, 0.717) is 23.7 Å². The van der Waals surface area contributed by atoms with Gasteiger partial charge in [-0.05, 0) is 80.8 Å². The van der Waals surface area contributed by atoms with Crippen LogP contribution in [0.15, 0.2) is 35.6 Å². The molecule has 0 radical (unpaired) electrons. The van der Waals surface area contributed by atoms with Gasteiger partial charge in [-0.1, -0.05) is 50.7 Å². The van der Waals surface area contributed by atoms with Crippen LogP contribution in [0.2, 0.25) is 19.6 Å². The third-order valence-corrected chi connectivity index (χ3v) is 9.34. The Morgan fingerprint density at radius 1 is 1.27 bits per heavy atom. The maximum Gasteiger partial charge on any atom is 0.131 e. The molecule has 0 aromatic heterocycles. The molecule has 0 aromatic carbocycles. The normalized spacial score (nSPS) is 40.3. The van der Waals surface area contributed by atoms with Gasteiger partial charge in [-0.15, -0.1) is 5.54 Å². The molecule has 2 saturated carbocycles. The molecule has 4 rings (SSSR count). The lowest BCUT2D eigenvalue weighted by Crippen LogP contribution is -2.54. The first-order valence-corrected chi connectivity index (χ1v) is 15.6. The van der Waals surface area contributed by atoms with Crippen LogP contribution in [0.5, 0.6) is 0 Å². The van der Waals surface area contributed by atoms with Gasteiger partial charge in [0.15, 0.2) is 0 Å². The summed E-state index contributed by atoms with van der Waals surface area (Å²) in [5, 5.41) is 11.9. The number of hydrogen-bond donors (Lipinski definition) is 1. The molecule has 0 saturated heterocycles. The first-order chi connectivity index (χ1) is 14.1. The Labute approximate surface area is 184 Å². The SMILES string of the molecule is C=C1CC2(CC)C(CCC2(O)C#C[Si](C)(C)C)C2CC=C3C=C(OCC)CCC3C12. The van der Waals surface area contributed by atoms with Crippen molar-refractivity contribution in [3.05, 3.63) is 35.6 Å². The fourth-order valence-electron chi connectivity index (χ4n) is 7.22. The third-order valence-electron chi connectivity index (χ3n) is 8.46. The van der Waals surface area contributed by atoms with E-state index in [-0.39, 0.29) is 5.41 Å². The van der Waals surface area contributed by atoms with E-state index in [4.69, 9.17) is 4.74 Å². The van der Waals surface area contributed by atoms with Crippen molar-refractivity contribution in [3.8, 4) is 11.5 Å². The van der Waals surface area contributed by atoms with Gasteiger partial charge in [0.1, 0.15) is 13.7 Å². The van der Waals surface area contributed by atoms with Gasteiger partial charge in [0.2, 0.25) is 0 Å². The standard InChI is InChI=1S/C27H40O2Si/c1-7-26-18-19(3)25-22-12-10-21(29-8-2)17-20(22)9-11-23(25)24(26)13-14-27(26,28)15-16-30(4,5)6/h9,17,22-25,28H,3,7-8,10-14,18H2,1-2,4-6H3. The van der Waals surface area contributed by atoms with Crippen LogP contribution in [0, 0.1) is 40.6 Å². The monoisotopic (exact) mass is 424 g/mol. The summed E-state index contributed by atoms with van der Waals surface area (Å²) < 4.78 is 5.83. The van der Waals surface area contributed by atoms with E-state index in [0.717, 1.165) is 50.9 Å². The van der Waals surface area contributed by atoms with Gasteiger partial charge in [-0.3, -0.25) is 0 Å². The van der Waals surface area contributed by atoms with Crippen molar-refractivity contribution in [1.82, 2.24) is 0 Å². The molecule has 0 aliphatic heterocycles. The van der Waals surface area contributed by atoms with Gasteiger partial charge < -0.3 is 9.84 Å². The Kier molecular flexibility index (Phi) is 5.65. The van der Waals surface area contributed by atoms with Crippen LogP contribution < -0.4 is 0 Å². The smallest absolute Gasteiger partial charge is 0.131 e. The number of aliphatic hydroxyl groups is 1. The quantitative estimate of drug-likeness (QED) is 0.329. The number of allylic oxidation sites excluding steroid dienone is 5. The number of rotatable bonds is 3. The summed E-state index contributed by atoms with van der Waals surface area (Å²) in [5.41, 5.74) is 5.40. The van der Waals surface area contributed by atoms with Crippen LogP contribution in [-0.4, -0.2) is 25.4 Å². The van der Waals surface area contributed by atoms with Crippen molar-refractivity contribution in [2.45, 2.75) is 84.0 Å². The topological polar surface area (TPSA) is 29.5 Å². The van der Waals surface area contributed by atoms with Crippen molar-refractivity contribution in [2.75, 3.05) is 6.61 Å². The largest absolute Gasteiger partial charge is 0.498 e. The molecule has 2 nitrogen and oxygen atoms in total. The van der Waals surface area contributed by atoms with E-state index in [1.807, 2.05) is 0 Å². The summed E-state index contributed by atoms with van der Waals surface area (Å²) in [6.45, 7) is 16.5. The summed E-state index contributed by atoms with van der Waals surface area (Å²) >= 11 is 0. The molecule has 30 heavy (non-hydrogen) atoms. The zero-order valence-corrected chi connectivity index (χ0v) is 20.7. The van der Waals surface area contributed by atoms with Gasteiger partial charge in [0.25, 0.3) is 0 Å². The highest BCUT2D eigenvalue weighted by atomic mass is 28.3. The lowest BCUT2D eigenvalue weighted by atomic mass is 9.49. The molecule has 0 spiro atoms. The molecule has 6 unspecified atom stereocenters. The van der Waals surface area contributed by atoms with Crippen LogP contribution in [-0.2, 0) is 4.74 Å². The van der Waals surface area contributed by atoms with Gasteiger partial charge >= 0.3 is 0 Å². The highest BCUT2D eigenvalue weighted by molar-refractivity contribution is 6.83. The molecule has 164 valence electrons. The molecule has 0 amide bonds. The Morgan fingerprint density at radius 2 is 2.03 bits per heavy atom. The van der Waals surface area contributed by atoms with E-state index in [2.05, 4.69) is 63.7 Å². The fraction of sp³-hybridized carbons (Fsp3) is 0.704. The maximum atomic E-state index is 11.9. The number of hydrogen-bond acceptors (Lipinski definition) is 2. The number of fused-ring (bicyclic) bond motifs is 5. The summed E-state index contributed by atoms with van der Waals surface area (Å²) in [5.74, 6) is 6.91. The first-order valence-electron chi connectivity index (χ1n) is 12.1. The molecule has 1 N–H and O–H groups in total. The second-order valence-electron chi connectivity index (χ2n) is 11.2. The molecular weight excluding hydrogens is 384 g/mol. The Bertz CT molecular complexity index is 835. The van der Waals surface area contributed by atoms with Crippen LogP contribution >= 0.6 is 0 Å². The van der Waals surface area contributed by atoms with Gasteiger partial charge in [0, 0.05) is 11.8 Å². The highest BCUT2D eigenvalue weighted by Gasteiger charge is 2.64. The van der Waals surface area contributed by atoms with E-state index in [1.54, 1.807) is 0 Å². The summed E-state index contributed by atoms with van der Waals surface area (Å²) in [6, 6.07) is 0. The van der Waals surface area contributed by atoms with E-state index in [1.165, 1.54) is 17.6 Å². The van der Waals surface area contributed by atoms with E-state index >= 15 is 0 Å². The minimum absolute atomic E-state index is 0.121. The second-order valence-corrected chi connectivity index (χ2v) is 15.9. The molecule has 6 atom stereocenters. The van der Waals surface area contributed by atoms with Crippen molar-refractivity contribution >= 4 is 8.07 Å².